The number of hydrogen-bond acceptors (Lipinski definition) is 2. The number of alkyl halides is 1. The normalized spacial score (nSPS) is 16.0. The van der Waals surface area contributed by atoms with Crippen molar-refractivity contribution in [1.82, 2.24) is 9.47 Å². The zero-order chi connectivity index (χ0) is 16.2. The molecule has 0 saturated carbocycles. The Hall–Kier alpha value is -1.68. The minimum atomic E-state index is 0.180. The van der Waals surface area contributed by atoms with Gasteiger partial charge in [-0.3, -0.25) is 4.79 Å². The molecule has 2 heterocycles. The summed E-state index contributed by atoms with van der Waals surface area (Å²) in [6.07, 6.45) is 5.03. The Morgan fingerprint density at radius 1 is 1.30 bits per heavy atom. The van der Waals surface area contributed by atoms with Crippen LogP contribution in [0.1, 0.15) is 32.2 Å². The summed E-state index contributed by atoms with van der Waals surface area (Å²) < 4.78 is 8.05. The Labute approximate surface area is 142 Å². The third kappa shape index (κ3) is 3.63. The molecule has 2 aromatic rings. The maximum Gasteiger partial charge on any atom is 0.219 e. The van der Waals surface area contributed by atoms with E-state index in [4.69, 9.17) is 16.3 Å². The van der Waals surface area contributed by atoms with E-state index in [2.05, 4.69) is 29.0 Å². The first-order valence-electron chi connectivity index (χ1n) is 8.24. The number of likely N-dealkylation sites (tertiary alicyclic amines) is 1. The number of fused-ring (bicyclic) bond motifs is 1. The molecule has 4 nitrogen and oxygen atoms in total. The van der Waals surface area contributed by atoms with Crippen molar-refractivity contribution in [2.75, 3.05) is 25.6 Å². The molecule has 0 unspecified atom stereocenters. The highest BCUT2D eigenvalue weighted by molar-refractivity contribution is 6.17. The molecule has 1 aliphatic heterocycles. The van der Waals surface area contributed by atoms with E-state index in [9.17, 15) is 4.79 Å². The Kier molecular flexibility index (Phi) is 5.11. The fraction of sp³-hybridized carbons (Fsp3) is 0.500. The highest BCUT2D eigenvalue weighted by Crippen LogP contribution is 2.29. The standard InChI is InChI=1S/C18H23ClN2O2/c1-14(22)20-9-6-16(7-10-20)21-11-5-15-13-17(3-4-18(15)21)23-12-2-8-19/h3-5,11,13,16H,2,6-10,12H2,1H3. The number of benzene rings is 1. The molecule has 0 radical (unpaired) electrons. The molecule has 0 N–H and O–H groups in total. The highest BCUT2D eigenvalue weighted by atomic mass is 35.5. The lowest BCUT2D eigenvalue weighted by atomic mass is 10.0. The predicted molar refractivity (Wildman–Crippen MR) is 93.3 cm³/mol. The van der Waals surface area contributed by atoms with Crippen LogP contribution in [0, 0.1) is 0 Å². The van der Waals surface area contributed by atoms with Crippen LogP contribution in [-0.4, -0.2) is 41.0 Å². The van der Waals surface area contributed by atoms with Gasteiger partial charge in [-0.15, -0.1) is 11.6 Å². The largest absolute Gasteiger partial charge is 0.494 e. The molecule has 1 fully saturated rings. The van der Waals surface area contributed by atoms with Crippen LogP contribution in [0.25, 0.3) is 10.9 Å². The number of rotatable bonds is 5. The molecule has 0 bridgehead atoms. The summed E-state index contributed by atoms with van der Waals surface area (Å²) in [5, 5.41) is 1.20. The van der Waals surface area contributed by atoms with Crippen LogP contribution in [0.4, 0.5) is 0 Å². The SMILES string of the molecule is CC(=O)N1CCC(n2ccc3cc(OCCCCl)ccc32)CC1. The van der Waals surface area contributed by atoms with Gasteiger partial charge in [0.15, 0.2) is 0 Å². The first-order valence-corrected chi connectivity index (χ1v) is 8.77. The average molecular weight is 335 g/mol. The van der Waals surface area contributed by atoms with E-state index >= 15 is 0 Å². The van der Waals surface area contributed by atoms with E-state index in [-0.39, 0.29) is 5.91 Å². The number of ether oxygens (including phenoxy) is 1. The Morgan fingerprint density at radius 2 is 2.09 bits per heavy atom. The fourth-order valence-corrected chi connectivity index (χ4v) is 3.36. The maximum absolute atomic E-state index is 11.4. The fourth-order valence-electron chi connectivity index (χ4n) is 3.25. The molecular formula is C18H23ClN2O2. The number of halogens is 1. The van der Waals surface area contributed by atoms with Gasteiger partial charge in [0.2, 0.25) is 5.91 Å². The second-order valence-corrected chi connectivity index (χ2v) is 6.45. The number of carbonyl (C=O) groups excluding carboxylic acids is 1. The molecule has 1 aromatic heterocycles. The van der Waals surface area contributed by atoms with Gasteiger partial charge in [0.25, 0.3) is 0 Å². The van der Waals surface area contributed by atoms with Gasteiger partial charge in [0.05, 0.1) is 6.61 Å². The zero-order valence-corrected chi connectivity index (χ0v) is 14.3. The number of nitrogens with zero attached hydrogens (tertiary/aromatic N) is 2. The van der Waals surface area contributed by atoms with Gasteiger partial charge in [0.1, 0.15) is 5.75 Å². The number of amides is 1. The summed E-state index contributed by atoms with van der Waals surface area (Å²) in [6, 6.07) is 8.85. The summed E-state index contributed by atoms with van der Waals surface area (Å²) in [7, 11) is 0. The van der Waals surface area contributed by atoms with E-state index in [0.717, 1.165) is 38.1 Å². The van der Waals surface area contributed by atoms with Crippen molar-refractivity contribution in [3.8, 4) is 5.75 Å². The number of carbonyl (C=O) groups is 1. The van der Waals surface area contributed by atoms with Gasteiger partial charge >= 0.3 is 0 Å². The summed E-state index contributed by atoms with van der Waals surface area (Å²) in [6.45, 7) is 3.99. The molecule has 1 amide bonds. The van der Waals surface area contributed by atoms with Crippen LogP contribution < -0.4 is 4.74 Å². The molecule has 124 valence electrons. The summed E-state index contributed by atoms with van der Waals surface area (Å²) >= 11 is 5.67. The molecule has 1 saturated heterocycles. The van der Waals surface area contributed by atoms with Gasteiger partial charge in [-0.1, -0.05) is 0 Å². The van der Waals surface area contributed by atoms with Crippen LogP contribution in [0.2, 0.25) is 0 Å². The zero-order valence-electron chi connectivity index (χ0n) is 13.5. The number of aromatic nitrogens is 1. The molecule has 23 heavy (non-hydrogen) atoms. The van der Waals surface area contributed by atoms with Gasteiger partial charge in [0, 0.05) is 49.0 Å². The summed E-state index contributed by atoms with van der Waals surface area (Å²) in [5.74, 6) is 1.70. The smallest absolute Gasteiger partial charge is 0.219 e. The minimum absolute atomic E-state index is 0.180. The van der Waals surface area contributed by atoms with Gasteiger partial charge in [-0.25, -0.2) is 0 Å². The topological polar surface area (TPSA) is 34.5 Å². The molecule has 5 heteroatoms. The average Bonchev–Trinajstić information content (AvgIpc) is 2.98. The molecule has 0 spiro atoms. The quantitative estimate of drug-likeness (QED) is 0.615. The first-order chi connectivity index (χ1) is 11.2. The van der Waals surface area contributed by atoms with Crippen LogP contribution in [0.3, 0.4) is 0 Å². The van der Waals surface area contributed by atoms with Crippen LogP contribution in [-0.2, 0) is 4.79 Å². The molecule has 0 aliphatic carbocycles. The Bertz CT molecular complexity index is 675. The van der Waals surface area contributed by atoms with Gasteiger partial charge < -0.3 is 14.2 Å². The Morgan fingerprint density at radius 3 is 2.78 bits per heavy atom. The molecular weight excluding hydrogens is 312 g/mol. The minimum Gasteiger partial charge on any atom is -0.494 e. The molecule has 1 aliphatic rings. The third-order valence-electron chi connectivity index (χ3n) is 4.54. The van der Waals surface area contributed by atoms with Crippen molar-refractivity contribution in [3.05, 3.63) is 30.5 Å². The van der Waals surface area contributed by atoms with E-state index in [1.54, 1.807) is 6.92 Å². The molecule has 0 atom stereocenters. The molecule has 3 rings (SSSR count). The lowest BCUT2D eigenvalue weighted by molar-refractivity contribution is -0.130. The number of piperidine rings is 1. The predicted octanol–water partition coefficient (Wildman–Crippen LogP) is 3.83. The van der Waals surface area contributed by atoms with Crippen LogP contribution in [0.5, 0.6) is 5.75 Å². The lowest BCUT2D eigenvalue weighted by Gasteiger charge is -2.32. The summed E-state index contributed by atoms with van der Waals surface area (Å²) in [4.78, 5) is 13.4. The van der Waals surface area contributed by atoms with Crippen molar-refractivity contribution < 1.29 is 9.53 Å². The van der Waals surface area contributed by atoms with Crippen molar-refractivity contribution in [3.63, 3.8) is 0 Å². The van der Waals surface area contributed by atoms with Crippen LogP contribution in [0.15, 0.2) is 30.5 Å². The monoisotopic (exact) mass is 334 g/mol. The first kappa shape index (κ1) is 16.2. The summed E-state index contributed by atoms with van der Waals surface area (Å²) in [5.41, 5.74) is 1.23. The van der Waals surface area contributed by atoms with Crippen LogP contribution >= 0.6 is 11.6 Å². The Balaban J connectivity index is 1.71. The number of hydrogen-bond donors (Lipinski definition) is 0. The second kappa shape index (κ2) is 7.26. The van der Waals surface area contributed by atoms with Crippen molar-refractivity contribution >= 4 is 28.4 Å². The van der Waals surface area contributed by atoms with E-state index in [1.807, 2.05) is 11.0 Å². The van der Waals surface area contributed by atoms with Crippen molar-refractivity contribution in [2.45, 2.75) is 32.2 Å². The van der Waals surface area contributed by atoms with Gasteiger partial charge in [-0.2, -0.15) is 0 Å². The van der Waals surface area contributed by atoms with E-state index in [1.165, 1.54) is 10.9 Å². The molecule has 1 aromatic carbocycles. The van der Waals surface area contributed by atoms with E-state index < -0.39 is 0 Å². The third-order valence-corrected chi connectivity index (χ3v) is 4.81. The second-order valence-electron chi connectivity index (χ2n) is 6.07. The van der Waals surface area contributed by atoms with E-state index in [0.29, 0.717) is 18.5 Å². The van der Waals surface area contributed by atoms with Gasteiger partial charge in [-0.05, 0) is 43.5 Å². The van der Waals surface area contributed by atoms with Crippen molar-refractivity contribution in [2.24, 2.45) is 0 Å². The lowest BCUT2D eigenvalue weighted by Crippen LogP contribution is -2.37. The maximum atomic E-state index is 11.4. The highest BCUT2D eigenvalue weighted by Gasteiger charge is 2.22. The van der Waals surface area contributed by atoms with Crippen molar-refractivity contribution in [1.29, 1.82) is 0 Å².